The minimum absolute atomic E-state index is 0.0229. The first kappa shape index (κ1) is 14.8. The maximum Gasteiger partial charge on any atom is 0.251 e. The van der Waals surface area contributed by atoms with Gasteiger partial charge in [-0.1, -0.05) is 0 Å². The number of carbonyl (C=O) groups is 2. The van der Waals surface area contributed by atoms with E-state index in [1.165, 1.54) is 6.92 Å². The van der Waals surface area contributed by atoms with Crippen LogP contribution in [0, 0.1) is 11.3 Å². The first-order valence-corrected chi connectivity index (χ1v) is 6.64. The zero-order valence-electron chi connectivity index (χ0n) is 11.7. The lowest BCUT2D eigenvalue weighted by Crippen LogP contribution is -2.37. The van der Waals surface area contributed by atoms with Crippen molar-refractivity contribution in [3.05, 3.63) is 33.2 Å². The molecule has 1 aliphatic heterocycles. The molecule has 1 aliphatic rings. The summed E-state index contributed by atoms with van der Waals surface area (Å²) in [5, 5.41) is 11.3. The number of nitriles is 1. The number of hydrogen-bond acceptors (Lipinski definition) is 4. The average Bonchev–Trinajstić information content (AvgIpc) is 2.46. The van der Waals surface area contributed by atoms with Gasteiger partial charge in [0.1, 0.15) is 6.04 Å². The molecular weight excluding hydrogens is 272 g/mol. The van der Waals surface area contributed by atoms with Crippen molar-refractivity contribution >= 4 is 12.3 Å². The molecule has 7 nitrogen and oxygen atoms in total. The molecular formula is C14H16N4O3. The fourth-order valence-electron chi connectivity index (χ4n) is 2.41. The number of amides is 2. The number of aromatic nitrogens is 1. The molecule has 0 spiro atoms. The lowest BCUT2D eigenvalue weighted by Gasteiger charge is -2.27. The summed E-state index contributed by atoms with van der Waals surface area (Å²) in [7, 11) is 0. The van der Waals surface area contributed by atoms with E-state index in [9.17, 15) is 14.4 Å². The molecule has 0 aliphatic carbocycles. The zero-order valence-corrected chi connectivity index (χ0v) is 11.7. The van der Waals surface area contributed by atoms with Crippen LogP contribution in [0.2, 0.25) is 0 Å². The molecule has 2 rings (SSSR count). The topological polar surface area (TPSA) is 106 Å². The van der Waals surface area contributed by atoms with E-state index in [0.29, 0.717) is 31.5 Å². The molecule has 2 N–H and O–H groups in total. The molecule has 0 fully saturated rings. The van der Waals surface area contributed by atoms with Gasteiger partial charge < -0.3 is 15.2 Å². The van der Waals surface area contributed by atoms with Gasteiger partial charge >= 0.3 is 0 Å². The smallest absolute Gasteiger partial charge is 0.251 e. The fourth-order valence-corrected chi connectivity index (χ4v) is 2.41. The number of rotatable bonds is 4. The molecule has 1 unspecified atom stereocenters. The molecule has 2 heterocycles. The Balaban J connectivity index is 2.24. The van der Waals surface area contributed by atoms with E-state index in [0.717, 1.165) is 11.3 Å². The van der Waals surface area contributed by atoms with Gasteiger partial charge in [-0.15, -0.1) is 0 Å². The van der Waals surface area contributed by atoms with Gasteiger partial charge in [-0.3, -0.25) is 14.4 Å². The quantitative estimate of drug-likeness (QED) is 0.726. The average molecular weight is 288 g/mol. The highest BCUT2D eigenvalue weighted by molar-refractivity contribution is 5.73. The Bertz CT molecular complexity index is 659. The standard InChI is InChI=1S/C14H16N4O3/c1-9(20)18-3-2-10-4-11(5-12(6-15)16-8-19)14(21)17-13(10)7-18/h4,8,12H,2-3,5,7H2,1H3,(H,16,19)(H,17,21). The first-order valence-electron chi connectivity index (χ1n) is 6.64. The maximum atomic E-state index is 12.0. The van der Waals surface area contributed by atoms with Crippen LogP contribution in [-0.4, -0.2) is 34.8 Å². The van der Waals surface area contributed by atoms with Gasteiger partial charge in [0.15, 0.2) is 0 Å². The molecule has 0 saturated heterocycles. The Kier molecular flexibility index (Phi) is 4.38. The summed E-state index contributed by atoms with van der Waals surface area (Å²) in [6, 6.07) is 2.98. The van der Waals surface area contributed by atoms with Gasteiger partial charge in [0.2, 0.25) is 12.3 Å². The van der Waals surface area contributed by atoms with Gasteiger partial charge in [0.25, 0.3) is 5.56 Å². The lowest BCUT2D eigenvalue weighted by molar-refractivity contribution is -0.129. The van der Waals surface area contributed by atoms with E-state index in [1.54, 1.807) is 11.0 Å². The van der Waals surface area contributed by atoms with E-state index >= 15 is 0 Å². The molecule has 2 amide bonds. The summed E-state index contributed by atoms with van der Waals surface area (Å²) in [5.41, 5.74) is 1.89. The number of nitrogens with zero attached hydrogens (tertiary/aromatic N) is 2. The Hall–Kier alpha value is -2.62. The Morgan fingerprint density at radius 2 is 2.43 bits per heavy atom. The number of H-pyrrole nitrogens is 1. The Morgan fingerprint density at radius 1 is 1.67 bits per heavy atom. The van der Waals surface area contributed by atoms with E-state index in [1.807, 2.05) is 6.07 Å². The summed E-state index contributed by atoms with van der Waals surface area (Å²) < 4.78 is 0. The highest BCUT2D eigenvalue weighted by Gasteiger charge is 2.20. The van der Waals surface area contributed by atoms with Crippen molar-refractivity contribution in [1.82, 2.24) is 15.2 Å². The predicted octanol–water partition coefficient (Wildman–Crippen LogP) is -0.540. The van der Waals surface area contributed by atoms with Crippen LogP contribution in [0.4, 0.5) is 0 Å². The van der Waals surface area contributed by atoms with Crippen molar-refractivity contribution in [2.24, 2.45) is 0 Å². The summed E-state index contributed by atoms with van der Waals surface area (Å²) in [4.78, 5) is 38.3. The SMILES string of the molecule is CC(=O)N1CCc2cc(CC(C#N)NC=O)c(=O)[nH]c2C1. The third-order valence-corrected chi connectivity index (χ3v) is 3.59. The van der Waals surface area contributed by atoms with E-state index in [2.05, 4.69) is 10.3 Å². The van der Waals surface area contributed by atoms with Crippen molar-refractivity contribution in [2.45, 2.75) is 32.4 Å². The van der Waals surface area contributed by atoms with Crippen LogP contribution < -0.4 is 10.9 Å². The van der Waals surface area contributed by atoms with E-state index in [-0.39, 0.29) is 17.9 Å². The van der Waals surface area contributed by atoms with Crippen LogP contribution in [0.15, 0.2) is 10.9 Å². The molecule has 0 aromatic carbocycles. The number of carbonyl (C=O) groups excluding carboxylic acids is 2. The Morgan fingerprint density at radius 3 is 3.05 bits per heavy atom. The normalized spacial score (nSPS) is 14.8. The summed E-state index contributed by atoms with van der Waals surface area (Å²) >= 11 is 0. The monoisotopic (exact) mass is 288 g/mol. The van der Waals surface area contributed by atoms with Crippen LogP contribution in [0.1, 0.15) is 23.7 Å². The lowest BCUT2D eigenvalue weighted by atomic mass is 10.00. The van der Waals surface area contributed by atoms with Gasteiger partial charge in [-0.05, 0) is 18.1 Å². The van der Waals surface area contributed by atoms with Gasteiger partial charge in [-0.2, -0.15) is 5.26 Å². The fraction of sp³-hybridized carbons (Fsp3) is 0.429. The van der Waals surface area contributed by atoms with Crippen molar-refractivity contribution in [2.75, 3.05) is 6.54 Å². The zero-order chi connectivity index (χ0) is 15.4. The summed E-state index contributed by atoms with van der Waals surface area (Å²) in [6.45, 7) is 2.51. The molecule has 1 aromatic heterocycles. The van der Waals surface area contributed by atoms with Gasteiger partial charge in [0, 0.05) is 31.1 Å². The van der Waals surface area contributed by atoms with E-state index < -0.39 is 6.04 Å². The number of aromatic amines is 1. The minimum Gasteiger partial charge on any atom is -0.343 e. The number of pyridine rings is 1. The highest BCUT2D eigenvalue weighted by Crippen LogP contribution is 2.17. The molecule has 0 saturated carbocycles. The summed E-state index contributed by atoms with van der Waals surface area (Å²) in [5.74, 6) is -0.0229. The van der Waals surface area contributed by atoms with Crippen LogP contribution >= 0.6 is 0 Å². The largest absolute Gasteiger partial charge is 0.343 e. The number of nitrogens with one attached hydrogen (secondary N) is 2. The van der Waals surface area contributed by atoms with Crippen LogP contribution in [0.3, 0.4) is 0 Å². The molecule has 1 aromatic rings. The van der Waals surface area contributed by atoms with Crippen molar-refractivity contribution < 1.29 is 9.59 Å². The van der Waals surface area contributed by atoms with Crippen molar-refractivity contribution in [1.29, 1.82) is 5.26 Å². The maximum absolute atomic E-state index is 12.0. The molecule has 21 heavy (non-hydrogen) atoms. The Labute approximate surface area is 121 Å². The van der Waals surface area contributed by atoms with Gasteiger partial charge in [-0.25, -0.2) is 0 Å². The van der Waals surface area contributed by atoms with Crippen LogP contribution in [-0.2, 0) is 29.0 Å². The molecule has 1 atom stereocenters. The first-order chi connectivity index (χ1) is 10.0. The molecule has 7 heteroatoms. The van der Waals surface area contributed by atoms with Crippen LogP contribution in [0.25, 0.3) is 0 Å². The second-order valence-electron chi connectivity index (χ2n) is 4.99. The third kappa shape index (κ3) is 3.28. The third-order valence-electron chi connectivity index (χ3n) is 3.59. The van der Waals surface area contributed by atoms with Crippen molar-refractivity contribution in [3.63, 3.8) is 0 Å². The van der Waals surface area contributed by atoms with Gasteiger partial charge in [0.05, 0.1) is 12.6 Å². The molecule has 0 radical (unpaired) electrons. The highest BCUT2D eigenvalue weighted by atomic mass is 16.2. The van der Waals surface area contributed by atoms with E-state index in [4.69, 9.17) is 5.26 Å². The predicted molar refractivity (Wildman–Crippen MR) is 74.2 cm³/mol. The number of fused-ring (bicyclic) bond motifs is 1. The van der Waals surface area contributed by atoms with Crippen molar-refractivity contribution in [3.8, 4) is 6.07 Å². The second kappa shape index (κ2) is 6.22. The number of hydrogen-bond donors (Lipinski definition) is 2. The second-order valence-corrected chi connectivity index (χ2v) is 4.99. The molecule has 110 valence electrons. The van der Waals surface area contributed by atoms with Crippen LogP contribution in [0.5, 0.6) is 0 Å². The minimum atomic E-state index is -0.723. The molecule has 0 bridgehead atoms. The summed E-state index contributed by atoms with van der Waals surface area (Å²) in [6.07, 6.45) is 1.27.